The number of nitrogens with one attached hydrogen (secondary N) is 2. The van der Waals surface area contributed by atoms with Crippen LogP contribution in [0.5, 0.6) is 0 Å². The maximum Gasteiger partial charge on any atom is 0.336 e. The number of hydrogen-bond donors (Lipinski definition) is 5. The van der Waals surface area contributed by atoms with Gasteiger partial charge in [-0.25, -0.2) is 4.79 Å². The number of aromatic carboxylic acids is 1. The molecule has 0 bridgehead atoms. The lowest BCUT2D eigenvalue weighted by molar-refractivity contribution is 0.0697. The molecule has 1 aliphatic carbocycles. The summed E-state index contributed by atoms with van der Waals surface area (Å²) in [6, 6.07) is 9.00. The van der Waals surface area contributed by atoms with Crippen LogP contribution in [0.4, 0.5) is 5.69 Å². The number of carbonyl (C=O) groups is 1. The Labute approximate surface area is 248 Å². The van der Waals surface area contributed by atoms with Gasteiger partial charge in [-0.05, 0) is 80.0 Å². The van der Waals surface area contributed by atoms with Crippen molar-refractivity contribution in [1.29, 1.82) is 5.41 Å². The van der Waals surface area contributed by atoms with Gasteiger partial charge in [-0.15, -0.1) is 0 Å². The van der Waals surface area contributed by atoms with Crippen molar-refractivity contribution >= 4 is 42.9 Å². The summed E-state index contributed by atoms with van der Waals surface area (Å²) in [4.78, 5) is 11.1. The molecule has 2 aliphatic heterocycles. The van der Waals surface area contributed by atoms with Crippen molar-refractivity contribution in [2.45, 2.75) is 74.6 Å². The Kier molecular flexibility index (Phi) is 7.45. The highest BCUT2D eigenvalue weighted by Gasteiger charge is 2.36. The van der Waals surface area contributed by atoms with E-state index in [1.54, 1.807) is 18.2 Å². The zero-order valence-corrected chi connectivity index (χ0v) is 25.6. The summed E-state index contributed by atoms with van der Waals surface area (Å²) < 4.78 is 77.5. The summed E-state index contributed by atoms with van der Waals surface area (Å²) in [6.45, 7) is 7.69. The molecule has 13 heteroatoms. The van der Waals surface area contributed by atoms with E-state index < -0.39 is 58.2 Å². The van der Waals surface area contributed by atoms with Crippen molar-refractivity contribution in [3.63, 3.8) is 0 Å². The van der Waals surface area contributed by atoms with Crippen LogP contribution in [-0.4, -0.2) is 42.6 Å². The lowest BCUT2D eigenvalue weighted by Gasteiger charge is -2.35. The average Bonchev–Trinajstić information content (AvgIpc) is 2.88. The molecule has 5 rings (SSSR count). The van der Waals surface area contributed by atoms with Gasteiger partial charge in [0.05, 0.1) is 16.6 Å². The minimum Gasteiger partial charge on any atom is -0.478 e. The molecule has 11 nitrogen and oxygen atoms in total. The van der Waals surface area contributed by atoms with Crippen LogP contribution < -0.4 is 10.7 Å². The Morgan fingerprint density at radius 1 is 1.05 bits per heavy atom. The van der Waals surface area contributed by atoms with Crippen LogP contribution in [0, 0.1) is 5.41 Å². The highest BCUT2D eigenvalue weighted by atomic mass is 32.2. The molecule has 0 saturated carbocycles. The van der Waals surface area contributed by atoms with Crippen LogP contribution >= 0.6 is 0 Å². The standard InChI is InChI=1S/C30H32N2O9S2/c1-5-6-15(2)16-7-8-18(20(13-16)29(33)34)23-19-9-10-22(31)27(42(35,36)37)25(19)41-26-21(23)14-17-11-12-30(3,4)32-24(17)28(26)43(38,39)40/h7-10,13-15,31-32H,5-6,11-12H2,1-4H3,(H,33,34)(H,35,36,37)(H,38,39,40). The third-order valence-corrected chi connectivity index (χ3v) is 9.83. The summed E-state index contributed by atoms with van der Waals surface area (Å²) in [6.07, 6.45) is 2.71. The van der Waals surface area contributed by atoms with E-state index in [2.05, 4.69) is 5.32 Å². The summed E-state index contributed by atoms with van der Waals surface area (Å²) in [5.74, 6) is -1.79. The van der Waals surface area contributed by atoms with E-state index in [9.17, 15) is 35.8 Å². The molecule has 0 aromatic heterocycles. The van der Waals surface area contributed by atoms with Crippen LogP contribution in [-0.2, 0) is 26.7 Å². The minimum absolute atomic E-state index is 0.0262. The molecule has 3 aliphatic rings. The first-order valence-corrected chi connectivity index (χ1v) is 16.6. The Hall–Kier alpha value is -3.78. The quantitative estimate of drug-likeness (QED) is 0.121. The van der Waals surface area contributed by atoms with E-state index in [-0.39, 0.29) is 39.2 Å². The van der Waals surface area contributed by atoms with E-state index >= 15 is 0 Å². The highest BCUT2D eigenvalue weighted by Crippen LogP contribution is 2.49. The van der Waals surface area contributed by atoms with E-state index in [0.717, 1.165) is 24.5 Å². The SMILES string of the molecule is CCCC(C)c1ccc(-c2c3ccc(=N)c(S(=O)(=O)O)c-3oc3c(S(=O)(=O)O)c4c(cc23)CCC(C)(C)N4)c(C(=O)O)c1. The zero-order valence-electron chi connectivity index (χ0n) is 24.0. The average molecular weight is 629 g/mol. The largest absolute Gasteiger partial charge is 0.478 e. The number of aryl methyl sites for hydroxylation is 1. The number of fused-ring (bicyclic) bond motifs is 3. The third-order valence-electron chi connectivity index (χ3n) is 8.01. The fraction of sp³-hybridized carbons (Fsp3) is 0.333. The minimum atomic E-state index is -5.09. The maximum atomic E-state index is 13.0. The van der Waals surface area contributed by atoms with Crippen LogP contribution in [0.15, 0.2) is 50.6 Å². The predicted octanol–water partition coefficient (Wildman–Crippen LogP) is 5.92. The number of benzene rings is 3. The first-order chi connectivity index (χ1) is 19.9. The normalized spacial score (nSPS) is 15.7. The molecule has 2 heterocycles. The molecular weight excluding hydrogens is 596 g/mol. The Morgan fingerprint density at radius 3 is 2.30 bits per heavy atom. The molecule has 43 heavy (non-hydrogen) atoms. The second kappa shape index (κ2) is 10.4. The van der Waals surface area contributed by atoms with Crippen molar-refractivity contribution in [2.24, 2.45) is 0 Å². The van der Waals surface area contributed by atoms with Crippen molar-refractivity contribution in [2.75, 3.05) is 5.32 Å². The van der Waals surface area contributed by atoms with Crippen molar-refractivity contribution in [3.8, 4) is 22.5 Å². The summed E-state index contributed by atoms with van der Waals surface area (Å²) >= 11 is 0. The highest BCUT2D eigenvalue weighted by molar-refractivity contribution is 7.86. The van der Waals surface area contributed by atoms with Crippen molar-refractivity contribution in [1.82, 2.24) is 0 Å². The fourth-order valence-corrected chi connectivity index (χ4v) is 7.48. The van der Waals surface area contributed by atoms with E-state index in [0.29, 0.717) is 18.4 Å². The number of carboxylic acids is 1. The van der Waals surface area contributed by atoms with Crippen LogP contribution in [0.1, 0.15) is 74.4 Å². The zero-order chi connectivity index (χ0) is 31.6. The maximum absolute atomic E-state index is 13.0. The van der Waals surface area contributed by atoms with Gasteiger partial charge in [0.15, 0.2) is 21.1 Å². The molecule has 2 aromatic carbocycles. The molecule has 2 aromatic rings. The van der Waals surface area contributed by atoms with Gasteiger partial charge in [0, 0.05) is 22.1 Å². The first-order valence-electron chi connectivity index (χ1n) is 13.7. The Balaban J connectivity index is 2.05. The fourth-order valence-electron chi connectivity index (χ4n) is 5.93. The summed E-state index contributed by atoms with van der Waals surface area (Å²) in [5.41, 5.74) is 0.485. The van der Waals surface area contributed by atoms with E-state index in [4.69, 9.17) is 9.83 Å². The summed E-state index contributed by atoms with van der Waals surface area (Å²) in [7, 11) is -10.1. The van der Waals surface area contributed by atoms with Gasteiger partial charge >= 0.3 is 5.97 Å². The van der Waals surface area contributed by atoms with Crippen LogP contribution in [0.25, 0.3) is 33.4 Å². The Morgan fingerprint density at radius 2 is 1.70 bits per heavy atom. The molecule has 5 N–H and O–H groups in total. The molecule has 1 atom stereocenters. The molecule has 0 radical (unpaired) electrons. The molecule has 0 fully saturated rings. The second-order valence-electron chi connectivity index (χ2n) is 11.7. The molecule has 0 spiro atoms. The monoisotopic (exact) mass is 628 g/mol. The summed E-state index contributed by atoms with van der Waals surface area (Å²) in [5, 5.41) is 21.2. The molecule has 0 amide bonds. The smallest absolute Gasteiger partial charge is 0.336 e. The number of hydrogen-bond acceptors (Lipinski definition) is 8. The van der Waals surface area contributed by atoms with Gasteiger partial charge in [0.25, 0.3) is 20.2 Å². The number of carboxylic acid groups (broad SMARTS) is 1. The van der Waals surface area contributed by atoms with Gasteiger partial charge in [-0.3, -0.25) is 14.5 Å². The topological polar surface area (TPSA) is 195 Å². The van der Waals surface area contributed by atoms with Crippen LogP contribution in [0.2, 0.25) is 0 Å². The van der Waals surface area contributed by atoms with Gasteiger partial charge in [-0.1, -0.05) is 32.4 Å². The molecule has 228 valence electrons. The van der Waals surface area contributed by atoms with Crippen molar-refractivity contribution < 1.29 is 40.3 Å². The van der Waals surface area contributed by atoms with Crippen molar-refractivity contribution in [3.05, 3.63) is 58.4 Å². The number of rotatable bonds is 7. The second-order valence-corrected chi connectivity index (χ2v) is 14.4. The van der Waals surface area contributed by atoms with Crippen LogP contribution in [0.3, 0.4) is 0 Å². The molecule has 1 unspecified atom stereocenters. The molecule has 0 saturated heterocycles. The number of anilines is 1. The van der Waals surface area contributed by atoms with Gasteiger partial charge < -0.3 is 14.8 Å². The van der Waals surface area contributed by atoms with E-state index in [1.165, 1.54) is 12.1 Å². The van der Waals surface area contributed by atoms with E-state index in [1.807, 2.05) is 27.7 Å². The first kappa shape index (κ1) is 30.7. The van der Waals surface area contributed by atoms with Gasteiger partial charge in [0.2, 0.25) is 0 Å². The molecular formula is C30H32N2O9S2. The predicted molar refractivity (Wildman–Crippen MR) is 160 cm³/mol. The van der Waals surface area contributed by atoms with Gasteiger partial charge in [0.1, 0.15) is 0 Å². The third kappa shape index (κ3) is 5.42. The Bertz CT molecular complexity index is 2060. The van der Waals surface area contributed by atoms with Gasteiger partial charge in [-0.2, -0.15) is 16.8 Å². The lowest BCUT2D eigenvalue weighted by Crippen LogP contribution is -2.36. The lowest BCUT2D eigenvalue weighted by atomic mass is 9.85.